The zero-order valence-electron chi connectivity index (χ0n) is 16.2. The SMILES string of the molecule is COC(=O)c1cccc2c1C(=O)N(c1c(C(C)C)cccc1C(C)C)C2=O. The summed E-state index contributed by atoms with van der Waals surface area (Å²) in [5.74, 6) is -1.26. The molecule has 0 saturated carbocycles. The third-order valence-electron chi connectivity index (χ3n) is 4.89. The van der Waals surface area contributed by atoms with Gasteiger partial charge in [-0.3, -0.25) is 9.59 Å². The summed E-state index contributed by atoms with van der Waals surface area (Å²) in [6, 6.07) is 10.5. The van der Waals surface area contributed by atoms with Crippen LogP contribution in [0.15, 0.2) is 36.4 Å². The van der Waals surface area contributed by atoms with E-state index in [2.05, 4.69) is 0 Å². The Labute approximate surface area is 158 Å². The molecule has 27 heavy (non-hydrogen) atoms. The first kappa shape index (κ1) is 18.8. The van der Waals surface area contributed by atoms with Gasteiger partial charge in [0, 0.05) is 0 Å². The minimum absolute atomic E-state index is 0.114. The van der Waals surface area contributed by atoms with E-state index in [-0.39, 0.29) is 28.5 Å². The van der Waals surface area contributed by atoms with Gasteiger partial charge in [0.1, 0.15) is 0 Å². The highest BCUT2D eigenvalue weighted by atomic mass is 16.5. The van der Waals surface area contributed by atoms with Crippen molar-refractivity contribution in [3.05, 3.63) is 64.2 Å². The molecule has 1 heterocycles. The van der Waals surface area contributed by atoms with Gasteiger partial charge in [-0.25, -0.2) is 9.69 Å². The molecule has 1 aliphatic heterocycles. The van der Waals surface area contributed by atoms with Gasteiger partial charge in [-0.1, -0.05) is 52.0 Å². The van der Waals surface area contributed by atoms with Crippen LogP contribution in [0.2, 0.25) is 0 Å². The topological polar surface area (TPSA) is 63.7 Å². The average molecular weight is 365 g/mol. The fraction of sp³-hybridized carbons (Fsp3) is 0.318. The lowest BCUT2D eigenvalue weighted by atomic mass is 9.92. The highest BCUT2D eigenvalue weighted by molar-refractivity contribution is 6.36. The molecule has 5 nitrogen and oxygen atoms in total. The van der Waals surface area contributed by atoms with Crippen molar-refractivity contribution >= 4 is 23.5 Å². The zero-order valence-corrected chi connectivity index (χ0v) is 16.2. The van der Waals surface area contributed by atoms with Crippen LogP contribution < -0.4 is 4.90 Å². The molecule has 5 heteroatoms. The second-order valence-corrected chi connectivity index (χ2v) is 7.26. The minimum Gasteiger partial charge on any atom is -0.465 e. The number of hydrogen-bond acceptors (Lipinski definition) is 4. The number of esters is 1. The molecule has 0 N–H and O–H groups in total. The molecule has 2 aromatic carbocycles. The van der Waals surface area contributed by atoms with E-state index < -0.39 is 17.8 Å². The van der Waals surface area contributed by atoms with Crippen LogP contribution in [0.25, 0.3) is 0 Å². The lowest BCUT2D eigenvalue weighted by Gasteiger charge is -2.25. The van der Waals surface area contributed by atoms with E-state index in [1.54, 1.807) is 12.1 Å². The van der Waals surface area contributed by atoms with Crippen LogP contribution in [0.1, 0.15) is 81.7 Å². The maximum absolute atomic E-state index is 13.3. The predicted octanol–water partition coefficient (Wildman–Crippen LogP) is 4.52. The van der Waals surface area contributed by atoms with E-state index in [4.69, 9.17) is 4.74 Å². The van der Waals surface area contributed by atoms with Gasteiger partial charge >= 0.3 is 5.97 Å². The Morgan fingerprint density at radius 3 is 1.96 bits per heavy atom. The monoisotopic (exact) mass is 365 g/mol. The van der Waals surface area contributed by atoms with Gasteiger partial charge in [-0.2, -0.15) is 0 Å². The van der Waals surface area contributed by atoms with E-state index in [0.717, 1.165) is 11.1 Å². The van der Waals surface area contributed by atoms with Crippen molar-refractivity contribution in [1.82, 2.24) is 0 Å². The van der Waals surface area contributed by atoms with E-state index in [1.165, 1.54) is 18.1 Å². The third-order valence-corrected chi connectivity index (χ3v) is 4.89. The van der Waals surface area contributed by atoms with E-state index in [9.17, 15) is 14.4 Å². The number of anilines is 1. The van der Waals surface area contributed by atoms with Crippen molar-refractivity contribution in [2.24, 2.45) is 0 Å². The van der Waals surface area contributed by atoms with Crippen LogP contribution in [-0.4, -0.2) is 24.9 Å². The number of imide groups is 1. The Hall–Kier alpha value is -2.95. The Kier molecular flexibility index (Phi) is 4.87. The van der Waals surface area contributed by atoms with E-state index in [1.807, 2.05) is 45.9 Å². The number of nitrogens with zero attached hydrogens (tertiary/aromatic N) is 1. The summed E-state index contributed by atoms with van der Waals surface area (Å²) in [7, 11) is 1.26. The summed E-state index contributed by atoms with van der Waals surface area (Å²) >= 11 is 0. The first-order valence-electron chi connectivity index (χ1n) is 9.02. The van der Waals surface area contributed by atoms with Crippen LogP contribution in [0.5, 0.6) is 0 Å². The fourth-order valence-electron chi connectivity index (χ4n) is 3.54. The van der Waals surface area contributed by atoms with Crippen LogP contribution in [0, 0.1) is 0 Å². The Balaban J connectivity index is 2.26. The van der Waals surface area contributed by atoms with Crippen LogP contribution >= 0.6 is 0 Å². The van der Waals surface area contributed by atoms with Gasteiger partial charge in [0.2, 0.25) is 0 Å². The Morgan fingerprint density at radius 2 is 1.44 bits per heavy atom. The van der Waals surface area contributed by atoms with Crippen molar-refractivity contribution in [3.63, 3.8) is 0 Å². The summed E-state index contributed by atoms with van der Waals surface area (Å²) in [5, 5.41) is 0. The number of rotatable bonds is 4. The lowest BCUT2D eigenvalue weighted by Crippen LogP contribution is -2.32. The Morgan fingerprint density at radius 1 is 0.889 bits per heavy atom. The first-order chi connectivity index (χ1) is 12.8. The molecule has 0 spiro atoms. The molecule has 3 rings (SSSR count). The number of carbonyl (C=O) groups is 3. The number of amides is 2. The van der Waals surface area contributed by atoms with E-state index >= 15 is 0 Å². The van der Waals surface area contributed by atoms with Gasteiger partial charge in [-0.15, -0.1) is 0 Å². The minimum atomic E-state index is -0.629. The maximum Gasteiger partial charge on any atom is 0.338 e. The molecule has 1 aliphatic rings. The summed E-state index contributed by atoms with van der Waals surface area (Å²) in [6.07, 6.45) is 0. The number of para-hydroxylation sites is 1. The molecule has 0 aliphatic carbocycles. The van der Waals surface area contributed by atoms with Crippen LogP contribution in [0.3, 0.4) is 0 Å². The summed E-state index contributed by atoms with van der Waals surface area (Å²) < 4.78 is 4.79. The standard InChI is InChI=1S/C22H23NO4/c1-12(2)14-8-6-9-15(13(3)4)19(14)23-20(24)16-10-7-11-17(22(26)27-5)18(16)21(23)25/h6-13H,1-5H3. The maximum atomic E-state index is 13.3. The predicted molar refractivity (Wildman–Crippen MR) is 104 cm³/mol. The number of ether oxygens (including phenoxy) is 1. The molecular formula is C22H23NO4. The summed E-state index contributed by atoms with van der Waals surface area (Å²) in [4.78, 5) is 39.8. The van der Waals surface area contributed by atoms with Crippen molar-refractivity contribution in [2.45, 2.75) is 39.5 Å². The number of benzene rings is 2. The summed E-state index contributed by atoms with van der Waals surface area (Å²) in [5.41, 5.74) is 2.94. The smallest absolute Gasteiger partial charge is 0.338 e. The molecule has 140 valence electrons. The second kappa shape index (κ2) is 6.99. The number of fused-ring (bicyclic) bond motifs is 1. The summed E-state index contributed by atoms with van der Waals surface area (Å²) in [6.45, 7) is 8.12. The largest absolute Gasteiger partial charge is 0.465 e. The molecule has 2 aromatic rings. The molecule has 0 unspecified atom stereocenters. The van der Waals surface area contributed by atoms with Gasteiger partial charge in [0.15, 0.2) is 0 Å². The van der Waals surface area contributed by atoms with Crippen LogP contribution in [0.4, 0.5) is 5.69 Å². The number of hydrogen-bond donors (Lipinski definition) is 0. The molecule has 0 fully saturated rings. The molecule has 2 amide bonds. The van der Waals surface area contributed by atoms with Gasteiger partial charge in [-0.05, 0) is 35.1 Å². The second-order valence-electron chi connectivity index (χ2n) is 7.26. The quantitative estimate of drug-likeness (QED) is 0.590. The first-order valence-corrected chi connectivity index (χ1v) is 9.02. The Bertz CT molecular complexity index is 917. The highest BCUT2D eigenvalue weighted by Crippen LogP contribution is 2.40. The fourth-order valence-corrected chi connectivity index (χ4v) is 3.54. The van der Waals surface area contributed by atoms with Crippen molar-refractivity contribution in [3.8, 4) is 0 Å². The van der Waals surface area contributed by atoms with Crippen molar-refractivity contribution < 1.29 is 19.1 Å². The molecule has 0 saturated heterocycles. The molecule has 0 atom stereocenters. The normalized spacial score (nSPS) is 13.5. The molecular weight excluding hydrogens is 342 g/mol. The number of carbonyl (C=O) groups excluding carboxylic acids is 3. The lowest BCUT2D eigenvalue weighted by molar-refractivity contribution is 0.0597. The molecule has 0 bridgehead atoms. The van der Waals surface area contributed by atoms with Gasteiger partial charge in [0.25, 0.3) is 11.8 Å². The van der Waals surface area contributed by atoms with E-state index in [0.29, 0.717) is 5.69 Å². The van der Waals surface area contributed by atoms with Gasteiger partial charge < -0.3 is 4.74 Å². The molecule has 0 aromatic heterocycles. The third kappa shape index (κ3) is 2.93. The highest BCUT2D eigenvalue weighted by Gasteiger charge is 2.41. The van der Waals surface area contributed by atoms with Gasteiger partial charge in [0.05, 0.1) is 29.5 Å². The number of methoxy groups -OCH3 is 1. The average Bonchev–Trinajstić information content (AvgIpc) is 2.90. The van der Waals surface area contributed by atoms with Crippen LogP contribution in [-0.2, 0) is 4.74 Å². The zero-order chi connectivity index (χ0) is 19.9. The van der Waals surface area contributed by atoms with Crippen molar-refractivity contribution in [2.75, 3.05) is 12.0 Å². The van der Waals surface area contributed by atoms with Crippen molar-refractivity contribution in [1.29, 1.82) is 0 Å². The molecule has 0 radical (unpaired) electrons.